The average molecular weight is 362 g/mol. The molecule has 1 aliphatic heterocycles. The van der Waals surface area contributed by atoms with Gasteiger partial charge < -0.3 is 4.74 Å². The van der Waals surface area contributed by atoms with Crippen LogP contribution in [0.5, 0.6) is 0 Å². The van der Waals surface area contributed by atoms with E-state index >= 15 is 0 Å². The van der Waals surface area contributed by atoms with Crippen molar-refractivity contribution in [3.05, 3.63) is 0 Å². The maximum Gasteiger partial charge on any atom is 0.385 e. The summed E-state index contributed by atoms with van der Waals surface area (Å²) in [4.78, 5) is 17.9. The third-order valence-corrected chi connectivity index (χ3v) is 4.78. The highest BCUT2D eigenvalue weighted by Gasteiger charge is 2.47. The molecule has 0 saturated carbocycles. The lowest BCUT2D eigenvalue weighted by Gasteiger charge is -2.53. The molecule has 1 heterocycles. The lowest BCUT2D eigenvalue weighted by molar-refractivity contribution is -0.293. The zero-order valence-electron chi connectivity index (χ0n) is 17.2. The minimum atomic E-state index is -0.555. The number of nitrogens with zero attached hydrogens (tertiary/aromatic N) is 1. The van der Waals surface area contributed by atoms with Crippen LogP contribution in [-0.4, -0.2) is 34.8 Å². The third kappa shape index (κ3) is 7.40. The van der Waals surface area contributed by atoms with E-state index in [0.717, 1.165) is 13.0 Å². The lowest BCUT2D eigenvalue weighted by atomic mass is 9.80. The first-order valence-corrected chi connectivity index (χ1v) is 9.83. The van der Waals surface area contributed by atoms with Crippen LogP contribution in [0.4, 0.5) is 0 Å². The Bertz CT molecular complexity index is 530. The fourth-order valence-electron chi connectivity index (χ4n) is 3.91. The van der Waals surface area contributed by atoms with E-state index in [1.54, 1.807) is 0 Å². The fraction of sp³-hybridized carbons (Fsp3) is 0.773. The van der Waals surface area contributed by atoms with E-state index in [9.17, 15) is 4.79 Å². The molecule has 0 amide bonds. The van der Waals surface area contributed by atoms with Crippen LogP contribution in [0.15, 0.2) is 0 Å². The van der Waals surface area contributed by atoms with Crippen LogP contribution in [-0.2, 0) is 14.4 Å². The van der Waals surface area contributed by atoms with Gasteiger partial charge in [-0.3, -0.25) is 4.84 Å². The molecule has 146 valence electrons. The molecule has 1 aliphatic rings. The largest absolute Gasteiger partial charge is 0.453 e. The summed E-state index contributed by atoms with van der Waals surface area (Å²) in [5.41, 5.74) is -0.455. The van der Waals surface area contributed by atoms with Crippen molar-refractivity contribution in [2.24, 2.45) is 0 Å². The average Bonchev–Trinajstić information content (AvgIpc) is 2.53. The highest BCUT2D eigenvalue weighted by Crippen LogP contribution is 2.39. The molecule has 26 heavy (non-hydrogen) atoms. The number of piperidine rings is 1. The van der Waals surface area contributed by atoms with Gasteiger partial charge in [0.2, 0.25) is 0 Å². The molecule has 1 fully saturated rings. The summed E-state index contributed by atoms with van der Waals surface area (Å²) >= 11 is 0. The Morgan fingerprint density at radius 3 is 2.23 bits per heavy atom. The SMILES string of the molecule is C#CC#CC(=O)OC1CC(C)(C)N(OCCCCCCCC)C(C)(C)C1. The minimum Gasteiger partial charge on any atom is -0.453 e. The summed E-state index contributed by atoms with van der Waals surface area (Å²) in [5, 5.41) is 2.10. The molecular formula is C22H35NO3. The second-order valence-electron chi connectivity index (χ2n) is 8.35. The number of hydroxylamine groups is 2. The second kappa shape index (κ2) is 10.6. The van der Waals surface area contributed by atoms with Gasteiger partial charge in [0.15, 0.2) is 0 Å². The van der Waals surface area contributed by atoms with Crippen molar-refractivity contribution in [3.8, 4) is 24.2 Å². The zero-order valence-corrected chi connectivity index (χ0v) is 17.2. The number of unbranched alkanes of at least 4 members (excludes halogenated alkanes) is 5. The number of hydrogen-bond acceptors (Lipinski definition) is 4. The summed E-state index contributed by atoms with van der Waals surface area (Å²) in [6.45, 7) is 11.5. The van der Waals surface area contributed by atoms with Gasteiger partial charge in [0.25, 0.3) is 0 Å². The quantitative estimate of drug-likeness (QED) is 0.263. The molecule has 0 radical (unpaired) electrons. The second-order valence-corrected chi connectivity index (χ2v) is 8.35. The molecule has 4 heteroatoms. The van der Waals surface area contributed by atoms with Crippen LogP contribution in [0, 0.1) is 24.2 Å². The molecule has 0 aliphatic carbocycles. The smallest absolute Gasteiger partial charge is 0.385 e. The van der Waals surface area contributed by atoms with Crippen LogP contribution < -0.4 is 0 Å². The Kier molecular flexibility index (Phi) is 9.20. The first-order chi connectivity index (χ1) is 12.2. The monoisotopic (exact) mass is 361 g/mol. The Hall–Kier alpha value is -1.49. The van der Waals surface area contributed by atoms with E-state index in [2.05, 4.69) is 57.4 Å². The first-order valence-electron chi connectivity index (χ1n) is 9.83. The highest BCUT2D eigenvalue weighted by molar-refractivity contribution is 5.89. The van der Waals surface area contributed by atoms with Crippen molar-refractivity contribution >= 4 is 5.97 Å². The Morgan fingerprint density at radius 2 is 1.65 bits per heavy atom. The minimum absolute atomic E-state index is 0.187. The standard InChI is InChI=1S/C22H35NO3/c1-7-9-11-12-13-14-16-25-23-21(3,4)17-19(18-22(23,5)6)26-20(24)15-10-8-2/h2,19H,7,9,11-14,16-18H2,1,3-6H3. The van der Waals surface area contributed by atoms with E-state index in [1.807, 2.05) is 0 Å². The van der Waals surface area contributed by atoms with Crippen LogP contribution >= 0.6 is 0 Å². The van der Waals surface area contributed by atoms with Crippen molar-refractivity contribution in [1.29, 1.82) is 0 Å². The van der Waals surface area contributed by atoms with Gasteiger partial charge in [-0.2, -0.15) is 5.06 Å². The van der Waals surface area contributed by atoms with Gasteiger partial charge in [0.05, 0.1) is 6.61 Å². The topological polar surface area (TPSA) is 38.8 Å². The maximum atomic E-state index is 11.8. The molecule has 0 N–H and O–H groups in total. The molecule has 0 bridgehead atoms. The molecular weight excluding hydrogens is 326 g/mol. The van der Waals surface area contributed by atoms with Crippen LogP contribution in [0.25, 0.3) is 0 Å². The number of rotatable bonds is 9. The van der Waals surface area contributed by atoms with Crippen molar-refractivity contribution < 1.29 is 14.4 Å². The molecule has 0 aromatic carbocycles. The summed E-state index contributed by atoms with van der Waals surface area (Å²) in [7, 11) is 0. The molecule has 0 unspecified atom stereocenters. The van der Waals surface area contributed by atoms with Crippen molar-refractivity contribution in [3.63, 3.8) is 0 Å². The molecule has 0 atom stereocenters. The van der Waals surface area contributed by atoms with Crippen molar-refractivity contribution in [2.75, 3.05) is 6.61 Å². The van der Waals surface area contributed by atoms with Gasteiger partial charge in [-0.25, -0.2) is 4.79 Å². The number of esters is 1. The Balaban J connectivity index is 2.54. The molecule has 4 nitrogen and oxygen atoms in total. The molecule has 0 aromatic rings. The Labute approximate surface area is 159 Å². The van der Waals surface area contributed by atoms with Crippen LogP contribution in [0.3, 0.4) is 0 Å². The van der Waals surface area contributed by atoms with E-state index in [4.69, 9.17) is 16.0 Å². The van der Waals surface area contributed by atoms with Crippen molar-refractivity contribution in [2.45, 2.75) is 103 Å². The van der Waals surface area contributed by atoms with Crippen molar-refractivity contribution in [1.82, 2.24) is 5.06 Å². The van der Waals surface area contributed by atoms with E-state index in [-0.39, 0.29) is 17.2 Å². The predicted molar refractivity (Wildman–Crippen MR) is 105 cm³/mol. The van der Waals surface area contributed by atoms with Gasteiger partial charge >= 0.3 is 5.97 Å². The summed E-state index contributed by atoms with van der Waals surface area (Å²) in [6.07, 6.45) is 13.7. The maximum absolute atomic E-state index is 11.8. The number of carbonyl (C=O) groups excluding carboxylic acids is 1. The molecule has 0 aromatic heterocycles. The summed E-state index contributed by atoms with van der Waals surface area (Å²) in [5.74, 6) is 6.20. The molecule has 1 rings (SSSR count). The number of hydrogen-bond donors (Lipinski definition) is 0. The highest BCUT2D eigenvalue weighted by atomic mass is 16.7. The number of ether oxygens (including phenoxy) is 1. The van der Waals surface area contributed by atoms with Gasteiger partial charge in [-0.1, -0.05) is 39.0 Å². The fourth-order valence-corrected chi connectivity index (χ4v) is 3.91. The predicted octanol–water partition coefficient (Wildman–Crippen LogP) is 4.48. The number of carbonyl (C=O) groups is 1. The number of terminal acetylenes is 1. The van der Waals surface area contributed by atoms with E-state index < -0.39 is 5.97 Å². The van der Waals surface area contributed by atoms with Gasteiger partial charge in [-0.05, 0) is 46.0 Å². The lowest BCUT2D eigenvalue weighted by Crippen LogP contribution is -2.62. The van der Waals surface area contributed by atoms with Gasteiger partial charge in [0, 0.05) is 29.8 Å². The van der Waals surface area contributed by atoms with Crippen LogP contribution in [0.1, 0.15) is 86.0 Å². The van der Waals surface area contributed by atoms with E-state index in [0.29, 0.717) is 12.8 Å². The van der Waals surface area contributed by atoms with Gasteiger partial charge in [-0.15, -0.1) is 6.42 Å². The van der Waals surface area contributed by atoms with E-state index in [1.165, 1.54) is 32.1 Å². The first kappa shape index (κ1) is 22.6. The van der Waals surface area contributed by atoms with Crippen LogP contribution in [0.2, 0.25) is 0 Å². The molecule has 0 spiro atoms. The Morgan fingerprint density at radius 1 is 1.08 bits per heavy atom. The zero-order chi connectivity index (χ0) is 19.6. The summed E-state index contributed by atoms with van der Waals surface area (Å²) < 4.78 is 5.50. The normalized spacial score (nSPS) is 19.2. The third-order valence-electron chi connectivity index (χ3n) is 4.78. The molecule has 1 saturated heterocycles. The summed E-state index contributed by atoms with van der Waals surface area (Å²) in [6, 6.07) is 0. The van der Waals surface area contributed by atoms with Gasteiger partial charge in [0.1, 0.15) is 6.10 Å².